The van der Waals surface area contributed by atoms with Crippen LogP contribution in [0, 0.1) is 0 Å². The molecule has 2 fully saturated rings. The molecule has 0 spiro atoms. The van der Waals surface area contributed by atoms with Gasteiger partial charge < -0.3 is 14.5 Å². The van der Waals surface area contributed by atoms with E-state index in [0.29, 0.717) is 12.0 Å². The van der Waals surface area contributed by atoms with E-state index in [4.69, 9.17) is 9.72 Å². The van der Waals surface area contributed by atoms with Crippen LogP contribution in [0.4, 0.5) is 5.82 Å². The molecule has 2 aliphatic rings. The van der Waals surface area contributed by atoms with Gasteiger partial charge in [0.15, 0.2) is 0 Å². The van der Waals surface area contributed by atoms with Gasteiger partial charge in [-0.25, -0.2) is 4.98 Å². The highest BCUT2D eigenvalue weighted by Crippen LogP contribution is 2.34. The predicted octanol–water partition coefficient (Wildman–Crippen LogP) is 1.90. The molecule has 0 saturated carbocycles. The van der Waals surface area contributed by atoms with Crippen molar-refractivity contribution in [3.8, 4) is 0 Å². The number of nitrogens with zero attached hydrogens (tertiary/aromatic N) is 3. The zero-order chi connectivity index (χ0) is 14.1. The third-order valence-corrected chi connectivity index (χ3v) is 4.59. The number of likely N-dealkylation sites (N-methyl/N-ethyl adjacent to an activating group) is 1. The Hall–Kier alpha value is -1.13. The lowest BCUT2D eigenvalue weighted by molar-refractivity contribution is 0.193. The van der Waals surface area contributed by atoms with Crippen LogP contribution in [0.3, 0.4) is 0 Å². The molecule has 0 N–H and O–H groups in total. The summed E-state index contributed by atoms with van der Waals surface area (Å²) in [6, 6.07) is 5.12. The summed E-state index contributed by atoms with van der Waals surface area (Å²) in [6.07, 6.45) is 2.13. The first kappa shape index (κ1) is 13.8. The second-order valence-electron chi connectivity index (χ2n) is 6.15. The van der Waals surface area contributed by atoms with Crippen molar-refractivity contribution >= 4 is 5.82 Å². The van der Waals surface area contributed by atoms with Crippen LogP contribution in [0.5, 0.6) is 0 Å². The van der Waals surface area contributed by atoms with E-state index >= 15 is 0 Å². The molecule has 1 aromatic rings. The van der Waals surface area contributed by atoms with Crippen LogP contribution < -0.4 is 4.90 Å². The van der Waals surface area contributed by atoms with E-state index in [-0.39, 0.29) is 0 Å². The lowest BCUT2D eigenvalue weighted by atomic mass is 9.96. The number of pyridine rings is 1. The Bertz CT molecular complexity index is 463. The van der Waals surface area contributed by atoms with Crippen molar-refractivity contribution in [2.75, 3.05) is 45.3 Å². The fraction of sp³-hybridized carbons (Fsp3) is 0.688. The Morgan fingerprint density at radius 3 is 2.75 bits per heavy atom. The molecule has 2 aliphatic heterocycles. The van der Waals surface area contributed by atoms with Gasteiger partial charge >= 0.3 is 0 Å². The van der Waals surface area contributed by atoms with E-state index in [2.05, 4.69) is 43.0 Å². The van der Waals surface area contributed by atoms with E-state index in [1.165, 1.54) is 17.1 Å². The number of aryl methyl sites for hydroxylation is 1. The summed E-state index contributed by atoms with van der Waals surface area (Å²) in [6.45, 7) is 6.09. The molecule has 1 aromatic heterocycles. The number of aromatic nitrogens is 1. The van der Waals surface area contributed by atoms with Gasteiger partial charge in [0.2, 0.25) is 0 Å². The molecule has 1 atom stereocenters. The summed E-state index contributed by atoms with van der Waals surface area (Å²) >= 11 is 0. The van der Waals surface area contributed by atoms with Crippen molar-refractivity contribution < 1.29 is 4.74 Å². The fourth-order valence-corrected chi connectivity index (χ4v) is 3.00. The van der Waals surface area contributed by atoms with E-state index < -0.39 is 0 Å². The maximum Gasteiger partial charge on any atom is 0.132 e. The minimum atomic E-state index is 0.529. The van der Waals surface area contributed by atoms with Gasteiger partial charge in [0.1, 0.15) is 5.82 Å². The fourth-order valence-electron chi connectivity index (χ4n) is 3.00. The second-order valence-corrected chi connectivity index (χ2v) is 6.15. The summed E-state index contributed by atoms with van der Waals surface area (Å²) in [5, 5.41) is 0. The highest BCUT2D eigenvalue weighted by molar-refractivity contribution is 5.52. The molecule has 0 radical (unpaired) electrons. The van der Waals surface area contributed by atoms with Crippen molar-refractivity contribution in [3.05, 3.63) is 23.4 Å². The predicted molar refractivity (Wildman–Crippen MR) is 81.5 cm³/mol. The lowest BCUT2D eigenvalue weighted by Gasteiger charge is -2.44. The topological polar surface area (TPSA) is 28.6 Å². The molecule has 4 nitrogen and oxygen atoms in total. The summed E-state index contributed by atoms with van der Waals surface area (Å²) in [5.41, 5.74) is 2.58. The standard InChI is InChI=1S/C16H25N3O/c1-4-13-5-6-15(12-7-8-20-11-12)16(17-13)19-9-14(10-19)18(2)3/h5-6,12,14H,4,7-11H2,1-3H3/t12-/m1/s1. The van der Waals surface area contributed by atoms with E-state index in [0.717, 1.165) is 39.1 Å². The van der Waals surface area contributed by atoms with Crippen LogP contribution in [0.25, 0.3) is 0 Å². The second kappa shape index (κ2) is 5.70. The van der Waals surface area contributed by atoms with Crippen molar-refractivity contribution in [1.29, 1.82) is 0 Å². The van der Waals surface area contributed by atoms with Gasteiger partial charge in [-0.15, -0.1) is 0 Å². The van der Waals surface area contributed by atoms with Crippen molar-refractivity contribution in [2.45, 2.75) is 31.7 Å². The first-order valence-electron chi connectivity index (χ1n) is 7.68. The van der Waals surface area contributed by atoms with Crippen LogP contribution in [0.15, 0.2) is 12.1 Å². The first-order chi connectivity index (χ1) is 9.69. The number of hydrogen-bond acceptors (Lipinski definition) is 4. The minimum absolute atomic E-state index is 0.529. The average Bonchev–Trinajstić information content (AvgIpc) is 2.90. The van der Waals surface area contributed by atoms with Crippen LogP contribution in [-0.4, -0.2) is 56.3 Å². The Balaban J connectivity index is 1.83. The Morgan fingerprint density at radius 2 is 2.15 bits per heavy atom. The van der Waals surface area contributed by atoms with E-state index in [1.807, 2.05) is 0 Å². The maximum absolute atomic E-state index is 5.56. The molecule has 0 aromatic carbocycles. The molecule has 20 heavy (non-hydrogen) atoms. The normalized spacial score (nSPS) is 23.4. The Morgan fingerprint density at radius 1 is 1.35 bits per heavy atom. The van der Waals surface area contributed by atoms with Gasteiger partial charge in [-0.2, -0.15) is 0 Å². The molecule has 110 valence electrons. The number of rotatable bonds is 4. The zero-order valence-corrected chi connectivity index (χ0v) is 12.8. The van der Waals surface area contributed by atoms with Crippen LogP contribution >= 0.6 is 0 Å². The largest absolute Gasteiger partial charge is 0.381 e. The molecular weight excluding hydrogens is 250 g/mol. The molecular formula is C16H25N3O. The third-order valence-electron chi connectivity index (χ3n) is 4.59. The Labute approximate surface area is 121 Å². The number of hydrogen-bond donors (Lipinski definition) is 0. The van der Waals surface area contributed by atoms with Gasteiger partial charge in [0.25, 0.3) is 0 Å². The van der Waals surface area contributed by atoms with Crippen molar-refractivity contribution in [1.82, 2.24) is 9.88 Å². The smallest absolute Gasteiger partial charge is 0.132 e. The third kappa shape index (κ3) is 2.54. The van der Waals surface area contributed by atoms with Gasteiger partial charge in [-0.1, -0.05) is 13.0 Å². The first-order valence-corrected chi connectivity index (χ1v) is 7.68. The molecule has 2 saturated heterocycles. The SMILES string of the molecule is CCc1ccc([C@@H]2CCOC2)c(N2CC(N(C)C)C2)n1. The van der Waals surface area contributed by atoms with Gasteiger partial charge in [0, 0.05) is 42.9 Å². The maximum atomic E-state index is 5.56. The lowest BCUT2D eigenvalue weighted by Crippen LogP contribution is -2.58. The monoisotopic (exact) mass is 275 g/mol. The highest BCUT2D eigenvalue weighted by atomic mass is 16.5. The quantitative estimate of drug-likeness (QED) is 0.839. The summed E-state index contributed by atoms with van der Waals surface area (Å²) in [4.78, 5) is 9.64. The zero-order valence-electron chi connectivity index (χ0n) is 12.8. The van der Waals surface area contributed by atoms with E-state index in [9.17, 15) is 0 Å². The van der Waals surface area contributed by atoms with Crippen LogP contribution in [-0.2, 0) is 11.2 Å². The highest BCUT2D eigenvalue weighted by Gasteiger charge is 2.32. The van der Waals surface area contributed by atoms with Crippen LogP contribution in [0.1, 0.15) is 30.5 Å². The van der Waals surface area contributed by atoms with Crippen molar-refractivity contribution in [3.63, 3.8) is 0 Å². The van der Waals surface area contributed by atoms with Crippen LogP contribution in [0.2, 0.25) is 0 Å². The van der Waals surface area contributed by atoms with E-state index in [1.54, 1.807) is 0 Å². The molecule has 0 amide bonds. The minimum Gasteiger partial charge on any atom is -0.381 e. The average molecular weight is 275 g/mol. The number of ether oxygens (including phenoxy) is 1. The molecule has 0 unspecified atom stereocenters. The summed E-state index contributed by atoms with van der Waals surface area (Å²) in [5.74, 6) is 1.74. The van der Waals surface area contributed by atoms with Gasteiger partial charge in [-0.05, 0) is 33.0 Å². The summed E-state index contributed by atoms with van der Waals surface area (Å²) in [7, 11) is 4.31. The van der Waals surface area contributed by atoms with Gasteiger partial charge in [0.05, 0.1) is 6.61 Å². The van der Waals surface area contributed by atoms with Gasteiger partial charge in [-0.3, -0.25) is 0 Å². The number of anilines is 1. The molecule has 3 heterocycles. The Kier molecular flexibility index (Phi) is 3.94. The molecule has 4 heteroatoms. The molecule has 0 aliphatic carbocycles. The molecule has 3 rings (SSSR count). The van der Waals surface area contributed by atoms with Crippen molar-refractivity contribution in [2.24, 2.45) is 0 Å². The molecule has 0 bridgehead atoms. The summed E-state index contributed by atoms with van der Waals surface area (Å²) < 4.78 is 5.56.